The molecule has 21 heavy (non-hydrogen) atoms. The van der Waals surface area contributed by atoms with E-state index in [0.717, 1.165) is 5.56 Å². The number of rotatable bonds is 7. The van der Waals surface area contributed by atoms with Crippen LogP contribution in [-0.2, 0) is 20.7 Å². The molecule has 1 aromatic rings. The number of hydrogen-bond acceptors (Lipinski definition) is 4. The molecule has 0 radical (unpaired) electrons. The van der Waals surface area contributed by atoms with Crippen LogP contribution in [0.4, 0.5) is 4.39 Å². The largest absolute Gasteiger partial charge is 0.394 e. The van der Waals surface area contributed by atoms with Gasteiger partial charge in [-0.3, -0.25) is 4.79 Å². The van der Waals surface area contributed by atoms with Gasteiger partial charge < -0.3 is 19.9 Å². The Morgan fingerprint density at radius 3 is 2.81 bits per heavy atom. The molecule has 5 nitrogen and oxygen atoms in total. The van der Waals surface area contributed by atoms with Gasteiger partial charge in [-0.05, 0) is 17.7 Å². The first kappa shape index (κ1) is 15.9. The lowest BCUT2D eigenvalue weighted by molar-refractivity contribution is -0.123. The third-order valence-electron chi connectivity index (χ3n) is 3.45. The van der Waals surface area contributed by atoms with Gasteiger partial charge in [-0.25, -0.2) is 4.39 Å². The Morgan fingerprint density at radius 2 is 2.19 bits per heavy atom. The van der Waals surface area contributed by atoms with Crippen molar-refractivity contribution in [2.45, 2.75) is 18.4 Å². The summed E-state index contributed by atoms with van der Waals surface area (Å²) in [4.78, 5) is 11.9. The third-order valence-corrected chi connectivity index (χ3v) is 3.45. The molecule has 2 rings (SSSR count). The van der Waals surface area contributed by atoms with Gasteiger partial charge in [-0.2, -0.15) is 0 Å². The highest BCUT2D eigenvalue weighted by Gasteiger charge is 2.36. The Labute approximate surface area is 123 Å². The van der Waals surface area contributed by atoms with Crippen LogP contribution >= 0.6 is 0 Å². The standard InChI is InChI=1S/C15H20FNO4/c16-13-3-1-12(2-4-13)9-14(19)17-10-15(21-8-6-18)5-7-20-11-15/h1-4,18H,5-11H2,(H,17,19). The predicted molar refractivity (Wildman–Crippen MR) is 74.3 cm³/mol. The third kappa shape index (κ3) is 4.77. The Hall–Kier alpha value is -1.50. The average molecular weight is 297 g/mol. The van der Waals surface area contributed by atoms with Crippen LogP contribution in [0.1, 0.15) is 12.0 Å². The highest BCUT2D eigenvalue weighted by atomic mass is 19.1. The number of aliphatic hydroxyl groups excluding tert-OH is 1. The van der Waals surface area contributed by atoms with Crippen LogP contribution < -0.4 is 5.32 Å². The molecule has 1 atom stereocenters. The van der Waals surface area contributed by atoms with E-state index >= 15 is 0 Å². The number of ether oxygens (including phenoxy) is 2. The average Bonchev–Trinajstić information content (AvgIpc) is 2.95. The minimum absolute atomic E-state index is 0.0642. The molecular formula is C15H20FNO4. The van der Waals surface area contributed by atoms with Gasteiger partial charge in [-0.15, -0.1) is 0 Å². The summed E-state index contributed by atoms with van der Waals surface area (Å²) in [5, 5.41) is 11.7. The molecule has 0 bridgehead atoms. The molecule has 1 heterocycles. The molecule has 0 saturated carbocycles. The van der Waals surface area contributed by atoms with Gasteiger partial charge in [0.15, 0.2) is 0 Å². The van der Waals surface area contributed by atoms with E-state index in [1.165, 1.54) is 12.1 Å². The van der Waals surface area contributed by atoms with Crippen molar-refractivity contribution in [3.05, 3.63) is 35.6 Å². The normalized spacial score (nSPS) is 21.4. The van der Waals surface area contributed by atoms with E-state index in [-0.39, 0.29) is 31.4 Å². The molecule has 1 amide bonds. The van der Waals surface area contributed by atoms with E-state index in [1.807, 2.05) is 0 Å². The zero-order chi connectivity index (χ0) is 15.1. The maximum atomic E-state index is 12.8. The van der Waals surface area contributed by atoms with Gasteiger partial charge in [0.2, 0.25) is 5.91 Å². The molecular weight excluding hydrogens is 277 g/mol. The van der Waals surface area contributed by atoms with Crippen LogP contribution in [0.5, 0.6) is 0 Å². The van der Waals surface area contributed by atoms with Gasteiger partial charge >= 0.3 is 0 Å². The molecule has 2 N–H and O–H groups in total. The Kier molecular flexibility index (Phi) is 5.67. The van der Waals surface area contributed by atoms with Gasteiger partial charge in [-0.1, -0.05) is 12.1 Å². The van der Waals surface area contributed by atoms with E-state index in [4.69, 9.17) is 14.6 Å². The van der Waals surface area contributed by atoms with Crippen LogP contribution in [0.3, 0.4) is 0 Å². The molecule has 116 valence electrons. The molecule has 6 heteroatoms. The number of carbonyl (C=O) groups is 1. The topological polar surface area (TPSA) is 67.8 Å². The van der Waals surface area contributed by atoms with Crippen molar-refractivity contribution in [2.75, 3.05) is 33.0 Å². The van der Waals surface area contributed by atoms with Gasteiger partial charge in [0.25, 0.3) is 0 Å². The fourth-order valence-corrected chi connectivity index (χ4v) is 2.26. The lowest BCUT2D eigenvalue weighted by Gasteiger charge is -2.27. The van der Waals surface area contributed by atoms with E-state index in [1.54, 1.807) is 12.1 Å². The molecule has 1 fully saturated rings. The molecule has 0 aromatic heterocycles. The summed E-state index contributed by atoms with van der Waals surface area (Å²) in [6.07, 6.45) is 0.876. The Morgan fingerprint density at radius 1 is 1.43 bits per heavy atom. The SMILES string of the molecule is O=C(Cc1ccc(F)cc1)NCC1(OCCO)CCOC1. The fourth-order valence-electron chi connectivity index (χ4n) is 2.26. The lowest BCUT2D eigenvalue weighted by atomic mass is 10.0. The molecule has 0 spiro atoms. The summed E-state index contributed by atoms with van der Waals surface area (Å²) < 4.78 is 23.7. The molecule has 1 unspecified atom stereocenters. The van der Waals surface area contributed by atoms with Crippen LogP contribution in [0.15, 0.2) is 24.3 Å². The van der Waals surface area contributed by atoms with Crippen molar-refractivity contribution >= 4 is 5.91 Å². The van der Waals surface area contributed by atoms with Crippen LogP contribution in [0, 0.1) is 5.82 Å². The first-order valence-corrected chi connectivity index (χ1v) is 6.97. The van der Waals surface area contributed by atoms with Crippen molar-refractivity contribution in [1.82, 2.24) is 5.32 Å². The number of halogens is 1. The maximum absolute atomic E-state index is 12.8. The summed E-state index contributed by atoms with van der Waals surface area (Å²) in [6.45, 7) is 1.48. The number of nitrogens with one attached hydrogen (secondary N) is 1. The summed E-state index contributed by atoms with van der Waals surface area (Å²) in [5.41, 5.74) is 0.197. The van der Waals surface area contributed by atoms with Crippen LogP contribution in [0.25, 0.3) is 0 Å². The van der Waals surface area contributed by atoms with Crippen molar-refractivity contribution in [3.63, 3.8) is 0 Å². The predicted octanol–water partition coefficient (Wildman–Crippen LogP) is 0.652. The summed E-state index contributed by atoms with van der Waals surface area (Å²) in [6, 6.07) is 5.84. The molecule has 1 saturated heterocycles. The summed E-state index contributed by atoms with van der Waals surface area (Å²) >= 11 is 0. The minimum Gasteiger partial charge on any atom is -0.394 e. The molecule has 1 aliphatic rings. The summed E-state index contributed by atoms with van der Waals surface area (Å²) in [5.74, 6) is -0.473. The Balaban J connectivity index is 1.82. The van der Waals surface area contributed by atoms with E-state index in [9.17, 15) is 9.18 Å². The van der Waals surface area contributed by atoms with E-state index < -0.39 is 5.60 Å². The maximum Gasteiger partial charge on any atom is 0.224 e. The van der Waals surface area contributed by atoms with Gasteiger partial charge in [0, 0.05) is 19.6 Å². The second-order valence-corrected chi connectivity index (χ2v) is 5.14. The number of aliphatic hydroxyl groups is 1. The van der Waals surface area contributed by atoms with E-state index in [0.29, 0.717) is 26.2 Å². The number of amides is 1. The van der Waals surface area contributed by atoms with E-state index in [2.05, 4.69) is 5.32 Å². The highest BCUT2D eigenvalue weighted by molar-refractivity contribution is 5.78. The van der Waals surface area contributed by atoms with Crippen molar-refractivity contribution in [3.8, 4) is 0 Å². The number of carbonyl (C=O) groups excluding carboxylic acids is 1. The second kappa shape index (κ2) is 7.49. The van der Waals surface area contributed by atoms with Crippen molar-refractivity contribution < 1.29 is 23.8 Å². The smallest absolute Gasteiger partial charge is 0.224 e. The first-order chi connectivity index (χ1) is 10.1. The summed E-state index contributed by atoms with van der Waals surface area (Å²) in [7, 11) is 0. The molecule has 1 aromatic carbocycles. The quantitative estimate of drug-likeness (QED) is 0.775. The van der Waals surface area contributed by atoms with Gasteiger partial charge in [0.05, 0.1) is 26.2 Å². The zero-order valence-electron chi connectivity index (χ0n) is 11.8. The van der Waals surface area contributed by atoms with Crippen molar-refractivity contribution in [1.29, 1.82) is 0 Å². The Bertz CT molecular complexity index is 457. The zero-order valence-corrected chi connectivity index (χ0v) is 11.8. The molecule has 0 aliphatic carbocycles. The monoisotopic (exact) mass is 297 g/mol. The number of hydrogen-bond donors (Lipinski definition) is 2. The number of benzene rings is 1. The lowest BCUT2D eigenvalue weighted by Crippen LogP contribution is -2.46. The highest BCUT2D eigenvalue weighted by Crippen LogP contribution is 2.22. The van der Waals surface area contributed by atoms with Gasteiger partial charge in [0.1, 0.15) is 11.4 Å². The van der Waals surface area contributed by atoms with Crippen LogP contribution in [0.2, 0.25) is 0 Å². The first-order valence-electron chi connectivity index (χ1n) is 6.97. The van der Waals surface area contributed by atoms with Crippen LogP contribution in [-0.4, -0.2) is 49.6 Å². The molecule has 1 aliphatic heterocycles. The minimum atomic E-state index is -0.554. The van der Waals surface area contributed by atoms with Crippen molar-refractivity contribution in [2.24, 2.45) is 0 Å². The fraction of sp³-hybridized carbons (Fsp3) is 0.533. The second-order valence-electron chi connectivity index (χ2n) is 5.14.